The van der Waals surface area contributed by atoms with Crippen molar-refractivity contribution in [3.63, 3.8) is 0 Å². The summed E-state index contributed by atoms with van der Waals surface area (Å²) in [7, 11) is 0. The number of halogens is 1. The van der Waals surface area contributed by atoms with E-state index in [-0.39, 0.29) is 6.04 Å². The van der Waals surface area contributed by atoms with Gasteiger partial charge in [0.15, 0.2) is 10.8 Å². The van der Waals surface area contributed by atoms with Crippen molar-refractivity contribution in [2.45, 2.75) is 19.9 Å². The number of hydrogen-bond acceptors (Lipinski definition) is 4. The van der Waals surface area contributed by atoms with Crippen LogP contribution >= 0.6 is 11.6 Å². The summed E-state index contributed by atoms with van der Waals surface area (Å²) in [4.78, 5) is 4.51. The van der Waals surface area contributed by atoms with E-state index in [2.05, 4.69) is 45.5 Å². The van der Waals surface area contributed by atoms with Gasteiger partial charge in [-0.15, -0.1) is 0 Å². The number of nitrogens with zero attached hydrogens (tertiary/aromatic N) is 4. The molecule has 0 fully saturated rings. The molecule has 4 aromatic rings. The van der Waals surface area contributed by atoms with Crippen LogP contribution in [0.3, 0.4) is 0 Å². The molecule has 0 aliphatic carbocycles. The Hall–Kier alpha value is -2.60. The van der Waals surface area contributed by atoms with Crippen LogP contribution in [0.15, 0.2) is 36.7 Å². The molecular formula is C16H15ClN6. The topological polar surface area (TPSA) is 70.9 Å². The Morgan fingerprint density at radius 2 is 2.09 bits per heavy atom. The number of benzene rings is 1. The number of fused-ring (bicyclic) bond motifs is 2. The number of imidazole rings is 1. The van der Waals surface area contributed by atoms with E-state index in [4.69, 9.17) is 11.6 Å². The van der Waals surface area contributed by atoms with Crippen LogP contribution in [-0.2, 0) is 0 Å². The second-order valence-electron chi connectivity index (χ2n) is 5.73. The van der Waals surface area contributed by atoms with Crippen molar-refractivity contribution in [2.75, 3.05) is 5.32 Å². The molecule has 0 aliphatic heterocycles. The summed E-state index contributed by atoms with van der Waals surface area (Å²) in [5, 5.41) is 16.2. The molecule has 0 saturated heterocycles. The molecule has 1 aromatic carbocycles. The van der Waals surface area contributed by atoms with Gasteiger partial charge < -0.3 is 5.32 Å². The van der Waals surface area contributed by atoms with Crippen molar-refractivity contribution in [1.82, 2.24) is 24.8 Å². The molecule has 116 valence electrons. The van der Waals surface area contributed by atoms with E-state index in [9.17, 15) is 0 Å². The maximum Gasteiger partial charge on any atom is 0.177 e. The highest BCUT2D eigenvalue weighted by Gasteiger charge is 2.13. The molecule has 0 saturated carbocycles. The maximum atomic E-state index is 6.19. The third kappa shape index (κ3) is 2.41. The first-order valence-corrected chi connectivity index (χ1v) is 7.74. The molecule has 0 aliphatic rings. The van der Waals surface area contributed by atoms with Crippen molar-refractivity contribution < 1.29 is 0 Å². The van der Waals surface area contributed by atoms with Crippen LogP contribution in [-0.4, -0.2) is 30.8 Å². The average molecular weight is 327 g/mol. The summed E-state index contributed by atoms with van der Waals surface area (Å²) < 4.78 is 1.77. The van der Waals surface area contributed by atoms with E-state index in [0.717, 1.165) is 33.5 Å². The van der Waals surface area contributed by atoms with E-state index in [1.807, 2.05) is 18.3 Å². The maximum absolute atomic E-state index is 6.19. The first-order chi connectivity index (χ1) is 11.1. The molecule has 0 amide bonds. The van der Waals surface area contributed by atoms with Crippen LogP contribution in [0.25, 0.3) is 27.8 Å². The second kappa shape index (κ2) is 5.24. The lowest BCUT2D eigenvalue weighted by atomic mass is 10.1. The van der Waals surface area contributed by atoms with Gasteiger partial charge in [-0.05, 0) is 26.0 Å². The zero-order chi connectivity index (χ0) is 16.0. The van der Waals surface area contributed by atoms with Crippen molar-refractivity contribution in [3.8, 4) is 11.3 Å². The predicted molar refractivity (Wildman–Crippen MR) is 91.8 cm³/mol. The van der Waals surface area contributed by atoms with Gasteiger partial charge in [-0.1, -0.05) is 17.7 Å². The van der Waals surface area contributed by atoms with E-state index in [0.29, 0.717) is 5.15 Å². The SMILES string of the molecule is CC(C)Nc1cc(Cl)nn2c(-c3ccc4[nH]ncc4c3)cnc12. The largest absolute Gasteiger partial charge is 0.380 e. The van der Waals surface area contributed by atoms with Gasteiger partial charge in [0.2, 0.25) is 0 Å². The molecule has 0 atom stereocenters. The van der Waals surface area contributed by atoms with Crippen molar-refractivity contribution in [3.05, 3.63) is 41.8 Å². The Kier molecular flexibility index (Phi) is 3.20. The number of nitrogens with one attached hydrogen (secondary N) is 2. The summed E-state index contributed by atoms with van der Waals surface area (Å²) in [6.07, 6.45) is 3.61. The molecule has 3 aromatic heterocycles. The van der Waals surface area contributed by atoms with E-state index >= 15 is 0 Å². The Bertz CT molecular complexity index is 1000. The summed E-state index contributed by atoms with van der Waals surface area (Å²) in [5.74, 6) is 0. The highest BCUT2D eigenvalue weighted by molar-refractivity contribution is 6.29. The van der Waals surface area contributed by atoms with Crippen LogP contribution in [0.2, 0.25) is 5.15 Å². The third-order valence-electron chi connectivity index (χ3n) is 3.62. The van der Waals surface area contributed by atoms with Gasteiger partial charge in [-0.3, -0.25) is 5.10 Å². The molecule has 0 bridgehead atoms. The lowest BCUT2D eigenvalue weighted by molar-refractivity contribution is 0.886. The normalized spacial score (nSPS) is 11.7. The highest BCUT2D eigenvalue weighted by atomic mass is 35.5. The average Bonchev–Trinajstić information content (AvgIpc) is 3.11. The summed E-state index contributed by atoms with van der Waals surface area (Å²) >= 11 is 6.19. The lowest BCUT2D eigenvalue weighted by Gasteiger charge is -2.11. The minimum Gasteiger partial charge on any atom is -0.380 e. The molecular weight excluding hydrogens is 312 g/mol. The van der Waals surface area contributed by atoms with E-state index in [1.165, 1.54) is 0 Å². The van der Waals surface area contributed by atoms with Crippen LogP contribution in [0.1, 0.15) is 13.8 Å². The van der Waals surface area contributed by atoms with Crippen LogP contribution < -0.4 is 5.32 Å². The third-order valence-corrected chi connectivity index (χ3v) is 3.80. The fourth-order valence-corrected chi connectivity index (χ4v) is 2.84. The summed E-state index contributed by atoms with van der Waals surface area (Å²) in [6.45, 7) is 4.14. The molecule has 0 unspecified atom stereocenters. The smallest absolute Gasteiger partial charge is 0.177 e. The minimum absolute atomic E-state index is 0.277. The monoisotopic (exact) mass is 326 g/mol. The number of aromatic nitrogens is 5. The molecule has 2 N–H and O–H groups in total. The van der Waals surface area contributed by atoms with Gasteiger partial charge in [0.05, 0.1) is 29.3 Å². The van der Waals surface area contributed by atoms with Crippen molar-refractivity contribution in [1.29, 1.82) is 0 Å². The summed E-state index contributed by atoms with van der Waals surface area (Å²) in [6, 6.07) is 8.14. The highest BCUT2D eigenvalue weighted by Crippen LogP contribution is 2.27. The number of rotatable bonds is 3. The fourth-order valence-electron chi connectivity index (χ4n) is 2.65. The number of hydrogen-bond donors (Lipinski definition) is 2. The van der Waals surface area contributed by atoms with Gasteiger partial charge in [0.25, 0.3) is 0 Å². The molecule has 23 heavy (non-hydrogen) atoms. The summed E-state index contributed by atoms with van der Waals surface area (Å²) in [5.41, 5.74) is 4.52. The van der Waals surface area contributed by atoms with Gasteiger partial charge in [-0.25, -0.2) is 9.50 Å². The molecule has 3 heterocycles. The fraction of sp³-hybridized carbons (Fsp3) is 0.188. The molecule has 7 heteroatoms. The van der Waals surface area contributed by atoms with Crippen molar-refractivity contribution in [2.24, 2.45) is 0 Å². The van der Waals surface area contributed by atoms with E-state index in [1.54, 1.807) is 16.8 Å². The number of H-pyrrole nitrogens is 1. The first-order valence-electron chi connectivity index (χ1n) is 7.36. The first kappa shape index (κ1) is 14.0. The van der Waals surface area contributed by atoms with Gasteiger partial charge in [0, 0.05) is 23.1 Å². The van der Waals surface area contributed by atoms with Crippen LogP contribution in [0, 0.1) is 0 Å². The Morgan fingerprint density at radius 3 is 2.91 bits per heavy atom. The van der Waals surface area contributed by atoms with E-state index < -0.39 is 0 Å². The number of aromatic amines is 1. The van der Waals surface area contributed by atoms with Crippen LogP contribution in [0.5, 0.6) is 0 Å². The van der Waals surface area contributed by atoms with Crippen molar-refractivity contribution >= 4 is 33.8 Å². The zero-order valence-electron chi connectivity index (χ0n) is 12.7. The zero-order valence-corrected chi connectivity index (χ0v) is 13.5. The van der Waals surface area contributed by atoms with Gasteiger partial charge >= 0.3 is 0 Å². The lowest BCUT2D eigenvalue weighted by Crippen LogP contribution is -2.11. The van der Waals surface area contributed by atoms with Gasteiger partial charge in [-0.2, -0.15) is 10.2 Å². The molecule has 6 nitrogen and oxygen atoms in total. The predicted octanol–water partition coefficient (Wildman–Crippen LogP) is 3.75. The second-order valence-corrected chi connectivity index (χ2v) is 6.12. The minimum atomic E-state index is 0.277. The Balaban J connectivity index is 1.91. The molecule has 0 spiro atoms. The number of anilines is 1. The molecule has 0 radical (unpaired) electrons. The van der Waals surface area contributed by atoms with Gasteiger partial charge in [0.1, 0.15) is 0 Å². The Morgan fingerprint density at radius 1 is 1.22 bits per heavy atom. The molecule has 4 rings (SSSR count). The Labute approximate surface area is 137 Å². The quantitative estimate of drug-likeness (QED) is 0.601. The van der Waals surface area contributed by atoms with Crippen LogP contribution in [0.4, 0.5) is 5.69 Å². The standard InChI is InChI=1S/C16H15ClN6/c1-9(2)20-13-6-15(17)22-23-14(8-18-16(13)23)10-3-4-12-11(5-10)7-19-21-12/h3-9,20H,1-2H3,(H,19,21).